The molecule has 0 amide bonds. The van der Waals surface area contributed by atoms with E-state index in [9.17, 15) is 8.78 Å². The van der Waals surface area contributed by atoms with Crippen molar-refractivity contribution in [3.05, 3.63) is 23.8 Å². The number of nitrogens with two attached hydrogens (primary N) is 1. The summed E-state index contributed by atoms with van der Waals surface area (Å²) in [5.41, 5.74) is 6.26. The summed E-state index contributed by atoms with van der Waals surface area (Å²) in [6, 6.07) is 2.49. The van der Waals surface area contributed by atoms with Crippen LogP contribution < -0.4 is 10.6 Å². The van der Waals surface area contributed by atoms with Crippen LogP contribution in [0.5, 0.6) is 0 Å². The van der Waals surface area contributed by atoms with Gasteiger partial charge in [-0.15, -0.1) is 0 Å². The standard InChI is InChI=1S/C12H16F2N2S/c1-12(2)7-16(5-6-17-12)11-9(15)4-3-8(13)10(11)14/h3-4H,5-7,15H2,1-2H3. The molecule has 2 rings (SSSR count). The van der Waals surface area contributed by atoms with Gasteiger partial charge in [-0.3, -0.25) is 0 Å². The van der Waals surface area contributed by atoms with Gasteiger partial charge in [0.05, 0.1) is 11.4 Å². The van der Waals surface area contributed by atoms with E-state index in [1.165, 1.54) is 6.07 Å². The molecule has 1 aliphatic heterocycles. The lowest BCUT2D eigenvalue weighted by Gasteiger charge is -2.39. The fourth-order valence-corrected chi connectivity index (χ4v) is 3.19. The van der Waals surface area contributed by atoms with E-state index in [-0.39, 0.29) is 10.4 Å². The van der Waals surface area contributed by atoms with Crippen LogP contribution in [0.15, 0.2) is 12.1 Å². The van der Waals surface area contributed by atoms with Crippen LogP contribution in [0.25, 0.3) is 0 Å². The molecule has 1 fully saturated rings. The van der Waals surface area contributed by atoms with Crippen LogP contribution in [0.1, 0.15) is 13.8 Å². The van der Waals surface area contributed by atoms with E-state index in [1.54, 1.807) is 0 Å². The number of nitrogens with zero attached hydrogens (tertiary/aromatic N) is 1. The van der Waals surface area contributed by atoms with Gasteiger partial charge in [-0.2, -0.15) is 11.8 Å². The van der Waals surface area contributed by atoms with Crippen LogP contribution >= 0.6 is 11.8 Å². The molecule has 5 heteroatoms. The molecule has 0 saturated carbocycles. The van der Waals surface area contributed by atoms with Crippen LogP contribution in [0.4, 0.5) is 20.2 Å². The van der Waals surface area contributed by atoms with Crippen LogP contribution in [-0.4, -0.2) is 23.6 Å². The monoisotopic (exact) mass is 258 g/mol. The van der Waals surface area contributed by atoms with Gasteiger partial charge in [0.15, 0.2) is 11.6 Å². The molecule has 0 aliphatic carbocycles. The van der Waals surface area contributed by atoms with Crippen molar-refractivity contribution in [3.63, 3.8) is 0 Å². The molecule has 0 radical (unpaired) electrons. The molecule has 1 heterocycles. The van der Waals surface area contributed by atoms with Crippen molar-refractivity contribution in [2.45, 2.75) is 18.6 Å². The summed E-state index contributed by atoms with van der Waals surface area (Å²) in [7, 11) is 0. The maximum absolute atomic E-state index is 13.8. The van der Waals surface area contributed by atoms with Gasteiger partial charge in [0.25, 0.3) is 0 Å². The largest absolute Gasteiger partial charge is 0.397 e. The fraction of sp³-hybridized carbons (Fsp3) is 0.500. The first-order valence-electron chi connectivity index (χ1n) is 5.53. The van der Waals surface area contributed by atoms with Crippen LogP contribution in [0, 0.1) is 11.6 Å². The molecule has 17 heavy (non-hydrogen) atoms. The number of hydrogen-bond donors (Lipinski definition) is 1. The third kappa shape index (κ3) is 2.49. The molecular formula is C12H16F2N2S. The van der Waals surface area contributed by atoms with Gasteiger partial charge in [-0.1, -0.05) is 0 Å². The summed E-state index contributed by atoms with van der Waals surface area (Å²) >= 11 is 1.84. The van der Waals surface area contributed by atoms with Gasteiger partial charge in [-0.25, -0.2) is 8.78 Å². The molecular weight excluding hydrogens is 242 g/mol. The molecule has 2 nitrogen and oxygen atoms in total. The highest BCUT2D eigenvalue weighted by Crippen LogP contribution is 2.36. The topological polar surface area (TPSA) is 29.3 Å². The minimum atomic E-state index is -0.842. The maximum atomic E-state index is 13.8. The van der Waals surface area contributed by atoms with Crippen LogP contribution in [0.3, 0.4) is 0 Å². The van der Waals surface area contributed by atoms with Gasteiger partial charge in [-0.05, 0) is 26.0 Å². The molecule has 0 aromatic heterocycles. The summed E-state index contributed by atoms with van der Waals surface area (Å²) in [5, 5.41) is 0. The van der Waals surface area contributed by atoms with E-state index in [0.717, 1.165) is 11.8 Å². The number of anilines is 2. The van der Waals surface area contributed by atoms with Crippen molar-refractivity contribution in [1.82, 2.24) is 0 Å². The lowest BCUT2D eigenvalue weighted by molar-refractivity contribution is 0.504. The van der Waals surface area contributed by atoms with Gasteiger partial charge in [0, 0.05) is 23.6 Å². The SMILES string of the molecule is CC1(C)CN(c2c(N)ccc(F)c2F)CCS1. The number of nitrogen functional groups attached to an aromatic ring is 1. The van der Waals surface area contributed by atoms with Crippen molar-refractivity contribution < 1.29 is 8.78 Å². The maximum Gasteiger partial charge on any atom is 0.184 e. The van der Waals surface area contributed by atoms with Crippen molar-refractivity contribution in [3.8, 4) is 0 Å². The molecule has 0 bridgehead atoms. The summed E-state index contributed by atoms with van der Waals surface area (Å²) in [6.07, 6.45) is 0. The summed E-state index contributed by atoms with van der Waals surface area (Å²) < 4.78 is 27.1. The zero-order valence-electron chi connectivity index (χ0n) is 9.96. The van der Waals surface area contributed by atoms with Crippen molar-refractivity contribution in [1.29, 1.82) is 0 Å². The second-order valence-electron chi connectivity index (χ2n) is 4.83. The lowest BCUT2D eigenvalue weighted by Crippen LogP contribution is -2.43. The van der Waals surface area contributed by atoms with E-state index >= 15 is 0 Å². The zero-order valence-corrected chi connectivity index (χ0v) is 10.8. The number of rotatable bonds is 1. The van der Waals surface area contributed by atoms with E-state index in [1.807, 2.05) is 16.7 Å². The van der Waals surface area contributed by atoms with Gasteiger partial charge < -0.3 is 10.6 Å². The van der Waals surface area contributed by atoms with Gasteiger partial charge >= 0.3 is 0 Å². The Kier molecular flexibility index (Phi) is 3.21. The molecule has 2 N–H and O–H groups in total. The zero-order chi connectivity index (χ0) is 12.6. The van der Waals surface area contributed by atoms with Crippen LogP contribution in [0.2, 0.25) is 0 Å². The van der Waals surface area contributed by atoms with Crippen molar-refractivity contribution in [2.75, 3.05) is 29.5 Å². The molecule has 0 atom stereocenters. The van der Waals surface area contributed by atoms with Crippen molar-refractivity contribution in [2.24, 2.45) is 0 Å². The second-order valence-corrected chi connectivity index (χ2v) is 6.63. The number of halogens is 2. The molecule has 1 aromatic carbocycles. The summed E-state index contributed by atoms with van der Waals surface area (Å²) in [4.78, 5) is 1.84. The smallest absolute Gasteiger partial charge is 0.184 e. The first-order valence-corrected chi connectivity index (χ1v) is 6.52. The normalized spacial score (nSPS) is 19.4. The minimum Gasteiger partial charge on any atom is -0.397 e. The summed E-state index contributed by atoms with van der Waals surface area (Å²) in [6.45, 7) is 5.55. The predicted octanol–water partition coefficient (Wildman–Crippen LogP) is 2.88. The highest BCUT2D eigenvalue weighted by Gasteiger charge is 2.30. The molecule has 1 aliphatic rings. The Morgan fingerprint density at radius 3 is 2.71 bits per heavy atom. The first-order chi connectivity index (χ1) is 7.91. The molecule has 1 aromatic rings. The molecule has 0 unspecified atom stereocenters. The number of hydrogen-bond acceptors (Lipinski definition) is 3. The summed E-state index contributed by atoms with van der Waals surface area (Å²) in [5.74, 6) is -0.791. The Labute approximate surface area is 104 Å². The predicted molar refractivity (Wildman–Crippen MR) is 69.5 cm³/mol. The number of benzene rings is 1. The second kappa shape index (κ2) is 4.37. The highest BCUT2D eigenvalue weighted by molar-refractivity contribution is 8.00. The Balaban J connectivity index is 2.37. The van der Waals surface area contributed by atoms with Crippen molar-refractivity contribution >= 4 is 23.1 Å². The van der Waals surface area contributed by atoms with Crippen LogP contribution in [-0.2, 0) is 0 Å². The average Bonchev–Trinajstić information content (AvgIpc) is 2.23. The first kappa shape index (κ1) is 12.5. The third-order valence-electron chi connectivity index (χ3n) is 2.84. The lowest BCUT2D eigenvalue weighted by atomic mass is 10.1. The fourth-order valence-electron chi connectivity index (χ4n) is 2.08. The van der Waals surface area contributed by atoms with E-state index in [0.29, 0.717) is 18.8 Å². The van der Waals surface area contributed by atoms with Gasteiger partial charge in [0.1, 0.15) is 0 Å². The Hall–Kier alpha value is -0.970. The quantitative estimate of drug-likeness (QED) is 0.785. The minimum absolute atomic E-state index is 0.0312. The van der Waals surface area contributed by atoms with E-state index < -0.39 is 11.6 Å². The third-order valence-corrected chi connectivity index (χ3v) is 4.14. The van der Waals surface area contributed by atoms with E-state index in [2.05, 4.69) is 13.8 Å². The molecule has 1 saturated heterocycles. The Morgan fingerprint density at radius 1 is 1.35 bits per heavy atom. The Bertz CT molecular complexity index is 435. The van der Waals surface area contributed by atoms with E-state index in [4.69, 9.17) is 5.73 Å². The molecule has 0 spiro atoms. The van der Waals surface area contributed by atoms with Gasteiger partial charge in [0.2, 0.25) is 0 Å². The highest BCUT2D eigenvalue weighted by atomic mass is 32.2. The number of thioether (sulfide) groups is 1. The Morgan fingerprint density at radius 2 is 2.06 bits per heavy atom. The average molecular weight is 258 g/mol. The molecule has 94 valence electrons.